The molecule has 3 rings (SSSR count). The van der Waals surface area contributed by atoms with Crippen LogP contribution in [-0.4, -0.2) is 53.6 Å². The lowest BCUT2D eigenvalue weighted by Gasteiger charge is -2.24. The van der Waals surface area contributed by atoms with E-state index in [-0.39, 0.29) is 24.0 Å². The molecule has 2 heterocycles. The number of aryl methyl sites for hydroxylation is 2. The first kappa shape index (κ1) is 25.4. The second-order valence-corrected chi connectivity index (χ2v) is 8.35. The van der Waals surface area contributed by atoms with Crippen molar-refractivity contribution >= 4 is 29.9 Å². The Labute approximate surface area is 199 Å². The highest BCUT2D eigenvalue weighted by Crippen LogP contribution is 2.30. The Morgan fingerprint density at radius 1 is 1.13 bits per heavy atom. The largest absolute Gasteiger partial charge is 0.378 e. The zero-order valence-corrected chi connectivity index (χ0v) is 21.2. The molecule has 1 aromatic rings. The highest BCUT2D eigenvalue weighted by Gasteiger charge is 2.25. The van der Waals surface area contributed by atoms with E-state index in [2.05, 4.69) is 37.3 Å². The Hall–Kier alpha value is -0.900. The van der Waals surface area contributed by atoms with Gasteiger partial charge >= 0.3 is 0 Å². The molecule has 30 heavy (non-hydrogen) atoms. The van der Waals surface area contributed by atoms with Crippen LogP contribution in [0, 0.1) is 5.92 Å². The lowest BCUT2D eigenvalue weighted by molar-refractivity contribution is 0.0169. The fraction of sp³-hybridized carbons (Fsp3) is 0.864. The van der Waals surface area contributed by atoms with E-state index in [1.165, 1.54) is 50.8 Å². The van der Waals surface area contributed by atoms with Crippen LogP contribution in [-0.2, 0) is 24.1 Å². The molecule has 0 radical (unpaired) electrons. The molecule has 1 aliphatic heterocycles. The maximum Gasteiger partial charge on any atom is 0.190 e. The van der Waals surface area contributed by atoms with Gasteiger partial charge in [-0.2, -0.15) is 0 Å². The Kier molecular flexibility index (Phi) is 12.0. The SMILES string of the molecule is CCOC(CCNC(=NC)NCCCc1nnc2n1CCCCC2)C1CCCC1.I. The van der Waals surface area contributed by atoms with Crippen molar-refractivity contribution in [1.29, 1.82) is 0 Å². The van der Waals surface area contributed by atoms with Gasteiger partial charge in [-0.25, -0.2) is 0 Å². The predicted octanol–water partition coefficient (Wildman–Crippen LogP) is 3.71. The molecule has 1 fully saturated rings. The van der Waals surface area contributed by atoms with E-state index >= 15 is 0 Å². The average Bonchev–Trinajstić information content (AvgIpc) is 3.34. The molecule has 1 atom stereocenters. The van der Waals surface area contributed by atoms with Crippen molar-refractivity contribution in [3.63, 3.8) is 0 Å². The standard InChI is InChI=1S/C22H40N6O.HI/c1-3-29-19(18-10-6-7-11-18)14-16-25-22(23-2)24-15-9-13-21-27-26-20-12-5-4-8-17-28(20)21;/h18-19H,3-17H2,1-2H3,(H2,23,24,25);1H. The normalized spacial score (nSPS) is 18.4. The molecule has 0 aromatic carbocycles. The smallest absolute Gasteiger partial charge is 0.190 e. The van der Waals surface area contributed by atoms with Crippen molar-refractivity contribution in [2.24, 2.45) is 10.9 Å². The van der Waals surface area contributed by atoms with Crippen molar-refractivity contribution in [3.8, 4) is 0 Å². The number of hydrogen-bond donors (Lipinski definition) is 2. The summed E-state index contributed by atoms with van der Waals surface area (Å²) in [5.74, 6) is 3.94. The first-order valence-electron chi connectivity index (χ1n) is 11.8. The molecule has 1 aliphatic carbocycles. The molecular formula is C22H41IN6O. The zero-order chi connectivity index (χ0) is 20.3. The molecule has 1 unspecified atom stereocenters. The van der Waals surface area contributed by atoms with E-state index in [0.29, 0.717) is 6.10 Å². The summed E-state index contributed by atoms with van der Waals surface area (Å²) < 4.78 is 8.36. The number of aromatic nitrogens is 3. The monoisotopic (exact) mass is 532 g/mol. The van der Waals surface area contributed by atoms with E-state index in [1.54, 1.807) is 0 Å². The van der Waals surface area contributed by atoms with Gasteiger partial charge in [-0.3, -0.25) is 4.99 Å². The number of fused-ring (bicyclic) bond motifs is 1. The second kappa shape index (κ2) is 14.2. The highest BCUT2D eigenvalue weighted by atomic mass is 127. The maximum absolute atomic E-state index is 6.02. The second-order valence-electron chi connectivity index (χ2n) is 8.35. The minimum atomic E-state index is 0. The molecule has 0 amide bonds. The third kappa shape index (κ3) is 7.66. The van der Waals surface area contributed by atoms with E-state index < -0.39 is 0 Å². The van der Waals surface area contributed by atoms with Gasteiger partial charge < -0.3 is 19.9 Å². The van der Waals surface area contributed by atoms with Gasteiger partial charge in [0.25, 0.3) is 0 Å². The molecule has 0 spiro atoms. The van der Waals surface area contributed by atoms with Crippen LogP contribution in [0.15, 0.2) is 4.99 Å². The fourth-order valence-electron chi connectivity index (χ4n) is 4.74. The summed E-state index contributed by atoms with van der Waals surface area (Å²) >= 11 is 0. The quantitative estimate of drug-likeness (QED) is 0.208. The van der Waals surface area contributed by atoms with Crippen LogP contribution in [0.1, 0.15) is 76.4 Å². The number of hydrogen-bond acceptors (Lipinski definition) is 4. The van der Waals surface area contributed by atoms with Gasteiger partial charge in [-0.15, -0.1) is 34.2 Å². The minimum absolute atomic E-state index is 0. The zero-order valence-electron chi connectivity index (χ0n) is 18.9. The molecule has 1 saturated carbocycles. The third-order valence-corrected chi connectivity index (χ3v) is 6.31. The lowest BCUT2D eigenvalue weighted by Crippen LogP contribution is -2.40. The van der Waals surface area contributed by atoms with Gasteiger partial charge in [0.1, 0.15) is 11.6 Å². The number of nitrogens with one attached hydrogen (secondary N) is 2. The van der Waals surface area contributed by atoms with Crippen LogP contribution in [0.25, 0.3) is 0 Å². The molecule has 0 saturated heterocycles. The summed E-state index contributed by atoms with van der Waals surface area (Å²) in [6, 6.07) is 0. The molecule has 0 bridgehead atoms. The third-order valence-electron chi connectivity index (χ3n) is 6.31. The van der Waals surface area contributed by atoms with E-state index in [0.717, 1.165) is 69.6 Å². The number of rotatable bonds is 10. The maximum atomic E-state index is 6.02. The summed E-state index contributed by atoms with van der Waals surface area (Å²) in [5.41, 5.74) is 0. The van der Waals surface area contributed by atoms with Gasteiger partial charge in [0.2, 0.25) is 0 Å². The van der Waals surface area contributed by atoms with E-state index in [1.807, 2.05) is 7.05 Å². The summed E-state index contributed by atoms with van der Waals surface area (Å²) in [6.07, 6.45) is 13.7. The van der Waals surface area contributed by atoms with E-state index in [4.69, 9.17) is 4.74 Å². The van der Waals surface area contributed by atoms with Crippen molar-refractivity contribution in [3.05, 3.63) is 11.6 Å². The number of nitrogens with zero attached hydrogens (tertiary/aromatic N) is 4. The number of ether oxygens (including phenoxy) is 1. The van der Waals surface area contributed by atoms with Gasteiger partial charge in [-0.05, 0) is 51.4 Å². The molecule has 2 aliphatic rings. The first-order chi connectivity index (χ1) is 14.3. The van der Waals surface area contributed by atoms with Crippen molar-refractivity contribution in [2.75, 3.05) is 26.7 Å². The van der Waals surface area contributed by atoms with Crippen LogP contribution in [0.4, 0.5) is 0 Å². The summed E-state index contributed by atoms with van der Waals surface area (Å²) in [6.45, 7) is 5.78. The topological polar surface area (TPSA) is 76.4 Å². The molecule has 8 heteroatoms. The molecule has 7 nitrogen and oxygen atoms in total. The molecular weight excluding hydrogens is 491 g/mol. The van der Waals surface area contributed by atoms with Gasteiger partial charge in [0, 0.05) is 46.1 Å². The lowest BCUT2D eigenvalue weighted by atomic mass is 9.98. The molecule has 2 N–H and O–H groups in total. The van der Waals surface area contributed by atoms with Crippen LogP contribution in [0.3, 0.4) is 0 Å². The average molecular weight is 533 g/mol. The van der Waals surface area contributed by atoms with Crippen LogP contribution < -0.4 is 10.6 Å². The Morgan fingerprint density at radius 3 is 2.70 bits per heavy atom. The Balaban J connectivity index is 0.00000320. The first-order valence-corrected chi connectivity index (χ1v) is 11.8. The predicted molar refractivity (Wildman–Crippen MR) is 133 cm³/mol. The number of guanidine groups is 1. The van der Waals surface area contributed by atoms with Gasteiger partial charge in [0.05, 0.1) is 6.10 Å². The molecule has 1 aromatic heterocycles. The van der Waals surface area contributed by atoms with Crippen LogP contribution in [0.2, 0.25) is 0 Å². The van der Waals surface area contributed by atoms with Crippen LogP contribution in [0.5, 0.6) is 0 Å². The Morgan fingerprint density at radius 2 is 1.93 bits per heavy atom. The minimum Gasteiger partial charge on any atom is -0.378 e. The fourth-order valence-corrected chi connectivity index (χ4v) is 4.74. The summed E-state index contributed by atoms with van der Waals surface area (Å²) in [4.78, 5) is 4.37. The van der Waals surface area contributed by atoms with Crippen molar-refractivity contribution < 1.29 is 4.74 Å². The molecule has 172 valence electrons. The summed E-state index contributed by atoms with van der Waals surface area (Å²) in [5, 5.41) is 15.7. The summed E-state index contributed by atoms with van der Waals surface area (Å²) in [7, 11) is 1.84. The van der Waals surface area contributed by atoms with Gasteiger partial charge in [0.15, 0.2) is 5.96 Å². The van der Waals surface area contributed by atoms with Crippen LogP contribution >= 0.6 is 24.0 Å². The number of halogens is 1. The van der Waals surface area contributed by atoms with Crippen molar-refractivity contribution in [1.82, 2.24) is 25.4 Å². The van der Waals surface area contributed by atoms with E-state index in [9.17, 15) is 0 Å². The highest BCUT2D eigenvalue weighted by molar-refractivity contribution is 14.0. The van der Waals surface area contributed by atoms with Gasteiger partial charge in [-0.1, -0.05) is 19.3 Å². The van der Waals surface area contributed by atoms with Crippen molar-refractivity contribution in [2.45, 2.75) is 90.2 Å². The number of aliphatic imine (C=N–C) groups is 1. The Bertz CT molecular complexity index is 629.